The van der Waals surface area contributed by atoms with Crippen LogP contribution in [-0.2, 0) is 4.79 Å². The molecule has 2 fully saturated rings. The number of amides is 2. The molecule has 2 aromatic rings. The number of H-pyrrole nitrogens is 1. The number of carbonyl (C=O) groups is 2. The highest BCUT2D eigenvalue weighted by Crippen LogP contribution is 2.40. The van der Waals surface area contributed by atoms with Crippen LogP contribution in [0.1, 0.15) is 35.4 Å². The molecule has 0 aliphatic carbocycles. The fourth-order valence-electron chi connectivity index (χ4n) is 3.90. The summed E-state index contributed by atoms with van der Waals surface area (Å²) in [4.78, 5) is 48.7. The van der Waals surface area contributed by atoms with Crippen LogP contribution in [-0.4, -0.2) is 67.9 Å². The van der Waals surface area contributed by atoms with Crippen LogP contribution >= 0.6 is 0 Å². The van der Waals surface area contributed by atoms with Crippen molar-refractivity contribution in [3.05, 3.63) is 27.9 Å². The van der Waals surface area contributed by atoms with Crippen LogP contribution in [0.5, 0.6) is 0 Å². The Kier molecular flexibility index (Phi) is 3.41. The van der Waals surface area contributed by atoms with Gasteiger partial charge in [-0.25, -0.2) is 4.98 Å². The molecule has 132 valence electrons. The van der Waals surface area contributed by atoms with E-state index < -0.39 is 5.56 Å². The van der Waals surface area contributed by atoms with E-state index in [9.17, 15) is 14.4 Å². The first kappa shape index (κ1) is 15.8. The summed E-state index contributed by atoms with van der Waals surface area (Å²) >= 11 is 0. The van der Waals surface area contributed by atoms with Gasteiger partial charge in [0.1, 0.15) is 11.4 Å². The Balaban J connectivity index is 1.54. The predicted molar refractivity (Wildman–Crippen MR) is 88.2 cm³/mol. The van der Waals surface area contributed by atoms with E-state index >= 15 is 0 Å². The van der Waals surface area contributed by atoms with Gasteiger partial charge in [0.15, 0.2) is 0 Å². The predicted octanol–water partition coefficient (Wildman–Crippen LogP) is -0.189. The lowest BCUT2D eigenvalue weighted by Crippen LogP contribution is -2.45. The zero-order valence-corrected chi connectivity index (χ0v) is 14.3. The van der Waals surface area contributed by atoms with Crippen molar-refractivity contribution < 1.29 is 9.59 Å². The number of fused-ring (bicyclic) bond motifs is 1. The Bertz CT molecular complexity index is 922. The highest BCUT2D eigenvalue weighted by Gasteiger charge is 2.44. The van der Waals surface area contributed by atoms with E-state index in [0.29, 0.717) is 25.3 Å². The van der Waals surface area contributed by atoms with Crippen molar-refractivity contribution in [2.45, 2.75) is 26.2 Å². The average Bonchev–Trinajstić information content (AvgIpc) is 3.08. The molecule has 0 atom stereocenters. The monoisotopic (exact) mass is 344 g/mol. The molecular weight excluding hydrogens is 324 g/mol. The Morgan fingerprint density at radius 3 is 2.64 bits per heavy atom. The van der Waals surface area contributed by atoms with Gasteiger partial charge in [-0.05, 0) is 19.8 Å². The Hall–Kier alpha value is -2.71. The SMILES string of the molecule is Cc1nc2ncc(C(=O)N3CCC4(CC3)CC(=O)N(C)C4)c(=O)n2[nH]1. The quantitative estimate of drug-likeness (QED) is 0.772. The van der Waals surface area contributed by atoms with Gasteiger partial charge in [0, 0.05) is 44.7 Å². The fourth-order valence-corrected chi connectivity index (χ4v) is 3.90. The number of aryl methyl sites for hydroxylation is 1. The second-order valence-corrected chi connectivity index (χ2v) is 7.14. The van der Waals surface area contributed by atoms with Gasteiger partial charge in [-0.3, -0.25) is 19.5 Å². The first-order chi connectivity index (χ1) is 11.9. The van der Waals surface area contributed by atoms with E-state index in [1.54, 1.807) is 16.7 Å². The fraction of sp³-hybridized carbons (Fsp3) is 0.562. The topological polar surface area (TPSA) is 104 Å². The zero-order chi connectivity index (χ0) is 17.8. The van der Waals surface area contributed by atoms with Crippen molar-refractivity contribution in [1.29, 1.82) is 0 Å². The van der Waals surface area contributed by atoms with Gasteiger partial charge in [0.2, 0.25) is 5.91 Å². The van der Waals surface area contributed by atoms with E-state index in [-0.39, 0.29) is 28.6 Å². The summed E-state index contributed by atoms with van der Waals surface area (Å²) in [5.41, 5.74) is -0.427. The first-order valence-electron chi connectivity index (χ1n) is 8.36. The highest BCUT2D eigenvalue weighted by atomic mass is 16.2. The van der Waals surface area contributed by atoms with Crippen molar-refractivity contribution in [2.24, 2.45) is 5.41 Å². The minimum atomic E-state index is -0.438. The smallest absolute Gasteiger partial charge is 0.286 e. The van der Waals surface area contributed by atoms with Crippen molar-refractivity contribution >= 4 is 17.6 Å². The lowest BCUT2D eigenvalue weighted by atomic mass is 9.77. The summed E-state index contributed by atoms with van der Waals surface area (Å²) in [6.45, 7) is 3.56. The van der Waals surface area contributed by atoms with E-state index in [2.05, 4.69) is 15.1 Å². The molecular formula is C16H20N6O3. The second-order valence-electron chi connectivity index (χ2n) is 7.14. The Morgan fingerprint density at radius 2 is 2.00 bits per heavy atom. The van der Waals surface area contributed by atoms with Crippen molar-refractivity contribution in [3.63, 3.8) is 0 Å². The number of likely N-dealkylation sites (tertiary alicyclic amines) is 2. The molecule has 2 aliphatic rings. The second kappa shape index (κ2) is 5.40. The number of piperidine rings is 1. The summed E-state index contributed by atoms with van der Waals surface area (Å²) in [6.07, 6.45) is 3.40. The molecule has 9 nitrogen and oxygen atoms in total. The molecule has 2 aromatic heterocycles. The van der Waals surface area contributed by atoms with Gasteiger partial charge in [-0.1, -0.05) is 0 Å². The summed E-state index contributed by atoms with van der Waals surface area (Å²) in [5, 5.41) is 2.79. The lowest BCUT2D eigenvalue weighted by molar-refractivity contribution is -0.126. The maximum absolute atomic E-state index is 12.8. The molecule has 1 N–H and O–H groups in total. The third kappa shape index (κ3) is 2.50. The van der Waals surface area contributed by atoms with Crippen LogP contribution in [0.25, 0.3) is 5.78 Å². The highest BCUT2D eigenvalue weighted by molar-refractivity contribution is 5.93. The average molecular weight is 344 g/mol. The van der Waals surface area contributed by atoms with Crippen molar-refractivity contribution in [3.8, 4) is 0 Å². The van der Waals surface area contributed by atoms with Crippen LogP contribution in [0, 0.1) is 12.3 Å². The molecule has 1 spiro atoms. The van der Waals surface area contributed by atoms with Gasteiger partial charge in [0.25, 0.3) is 17.2 Å². The molecule has 25 heavy (non-hydrogen) atoms. The molecule has 0 unspecified atom stereocenters. The van der Waals surface area contributed by atoms with Gasteiger partial charge in [0.05, 0.1) is 0 Å². The van der Waals surface area contributed by atoms with Crippen LogP contribution in [0.2, 0.25) is 0 Å². The lowest BCUT2D eigenvalue weighted by Gasteiger charge is -2.38. The number of rotatable bonds is 1. The molecule has 0 aromatic carbocycles. The summed E-state index contributed by atoms with van der Waals surface area (Å²) in [6, 6.07) is 0. The molecule has 2 saturated heterocycles. The Labute approximate surface area is 143 Å². The number of hydrogen-bond donors (Lipinski definition) is 1. The standard InChI is InChI=1S/C16H20N6O3/c1-10-18-15-17-8-11(14(25)22(15)19-10)13(24)21-5-3-16(4-6-21)7-12(23)20(2)9-16/h8H,3-7,9H2,1-2H3,(H,17,18,19). The zero-order valence-electron chi connectivity index (χ0n) is 14.3. The van der Waals surface area contributed by atoms with Gasteiger partial charge < -0.3 is 9.80 Å². The molecule has 2 aliphatic heterocycles. The maximum atomic E-state index is 12.8. The van der Waals surface area contributed by atoms with Crippen LogP contribution in [0.3, 0.4) is 0 Å². The summed E-state index contributed by atoms with van der Waals surface area (Å²) in [7, 11) is 1.82. The minimum Gasteiger partial charge on any atom is -0.345 e. The van der Waals surface area contributed by atoms with Crippen LogP contribution in [0.4, 0.5) is 0 Å². The van der Waals surface area contributed by atoms with Crippen molar-refractivity contribution in [1.82, 2.24) is 29.4 Å². The largest absolute Gasteiger partial charge is 0.345 e. The number of aromatic nitrogens is 4. The van der Waals surface area contributed by atoms with Gasteiger partial charge in [-0.2, -0.15) is 9.50 Å². The first-order valence-corrected chi connectivity index (χ1v) is 8.36. The Morgan fingerprint density at radius 1 is 1.28 bits per heavy atom. The minimum absolute atomic E-state index is 0.0274. The molecule has 4 heterocycles. The molecule has 9 heteroatoms. The number of nitrogens with zero attached hydrogens (tertiary/aromatic N) is 5. The van der Waals surface area contributed by atoms with E-state index in [4.69, 9.17) is 0 Å². The third-order valence-electron chi connectivity index (χ3n) is 5.35. The number of hydrogen-bond acceptors (Lipinski definition) is 5. The van der Waals surface area contributed by atoms with Crippen LogP contribution < -0.4 is 5.56 Å². The van der Waals surface area contributed by atoms with Crippen molar-refractivity contribution in [2.75, 3.05) is 26.7 Å². The summed E-state index contributed by atoms with van der Waals surface area (Å²) < 4.78 is 1.19. The van der Waals surface area contributed by atoms with Gasteiger partial charge >= 0.3 is 0 Å². The number of nitrogens with one attached hydrogen (secondary N) is 1. The van der Waals surface area contributed by atoms with E-state index in [1.807, 2.05) is 7.05 Å². The molecule has 2 amide bonds. The van der Waals surface area contributed by atoms with Crippen LogP contribution in [0.15, 0.2) is 11.0 Å². The normalized spacial score (nSPS) is 20.0. The van der Waals surface area contributed by atoms with E-state index in [1.165, 1.54) is 10.7 Å². The summed E-state index contributed by atoms with van der Waals surface area (Å²) in [5.74, 6) is 0.669. The van der Waals surface area contributed by atoms with E-state index in [0.717, 1.165) is 19.4 Å². The maximum Gasteiger partial charge on any atom is 0.286 e. The molecule has 4 rings (SSSR count). The molecule has 0 saturated carbocycles. The molecule has 0 bridgehead atoms. The molecule has 0 radical (unpaired) electrons. The number of aromatic amines is 1. The number of carbonyl (C=O) groups excluding carboxylic acids is 2. The third-order valence-corrected chi connectivity index (χ3v) is 5.35. The van der Waals surface area contributed by atoms with Gasteiger partial charge in [-0.15, -0.1) is 0 Å².